The second kappa shape index (κ2) is 11.3. The van der Waals surface area contributed by atoms with Crippen molar-refractivity contribution in [1.82, 2.24) is 14.7 Å². The number of carbonyl (C=O) groups excluding carboxylic acids is 2. The van der Waals surface area contributed by atoms with E-state index in [9.17, 15) is 22.8 Å². The first-order valence-electron chi connectivity index (χ1n) is 13.7. The van der Waals surface area contributed by atoms with Crippen molar-refractivity contribution < 1.29 is 27.2 Å². The maximum absolute atomic E-state index is 14.5. The highest BCUT2D eigenvalue weighted by atomic mass is 19.4. The first-order chi connectivity index (χ1) is 19.1. The summed E-state index contributed by atoms with van der Waals surface area (Å²) in [6.07, 6.45) is -3.10. The lowest BCUT2D eigenvalue weighted by Crippen LogP contribution is -2.51. The number of rotatable bonds is 6. The van der Waals surface area contributed by atoms with Gasteiger partial charge < -0.3 is 20.0 Å². The molecular weight excluding hydrogens is 535 g/mol. The van der Waals surface area contributed by atoms with E-state index in [1.165, 1.54) is 21.9 Å². The van der Waals surface area contributed by atoms with Gasteiger partial charge >= 0.3 is 6.18 Å². The molecule has 2 N–H and O–H groups in total. The molecule has 0 bridgehead atoms. The Bertz CT molecular complexity index is 1400. The topological polar surface area (TPSA) is 97.6 Å². The minimum atomic E-state index is -4.57. The van der Waals surface area contributed by atoms with Crippen molar-refractivity contribution in [2.75, 3.05) is 25.0 Å². The lowest BCUT2D eigenvalue weighted by Gasteiger charge is -2.41. The van der Waals surface area contributed by atoms with Crippen LogP contribution in [0.5, 0.6) is 0 Å². The fourth-order valence-corrected chi connectivity index (χ4v) is 5.57. The normalized spacial score (nSPS) is 18.0. The number of likely N-dealkylation sites (tertiary alicyclic amines) is 1. The van der Waals surface area contributed by atoms with E-state index in [2.05, 4.69) is 5.10 Å². The first-order valence-corrected chi connectivity index (χ1v) is 13.7. The smallest absolute Gasteiger partial charge is 0.394 e. The number of furan rings is 1. The molecule has 1 aromatic carbocycles. The highest BCUT2D eigenvalue weighted by Gasteiger charge is 2.51. The van der Waals surface area contributed by atoms with Gasteiger partial charge in [0.1, 0.15) is 11.6 Å². The van der Waals surface area contributed by atoms with Crippen molar-refractivity contribution in [2.45, 2.75) is 66.2 Å². The van der Waals surface area contributed by atoms with Crippen LogP contribution >= 0.6 is 0 Å². The Morgan fingerprint density at radius 3 is 2.27 bits per heavy atom. The van der Waals surface area contributed by atoms with Crippen LogP contribution in [0.4, 0.5) is 19.0 Å². The SMILES string of the molecule is Cc1occc1C(=O)n1nc(C2CCN(C(=O)C(C)(C)C)CC2C(F)(F)F)c(C)c1N(C)Cc1ccc(CN)cc1. The molecule has 1 saturated heterocycles. The molecule has 0 spiro atoms. The molecule has 0 aliphatic carbocycles. The minimum absolute atomic E-state index is 0.0759. The predicted octanol–water partition coefficient (Wildman–Crippen LogP) is 5.42. The van der Waals surface area contributed by atoms with Crippen LogP contribution in [0.3, 0.4) is 0 Å². The third kappa shape index (κ3) is 6.19. The van der Waals surface area contributed by atoms with E-state index in [0.29, 0.717) is 30.2 Å². The van der Waals surface area contributed by atoms with Gasteiger partial charge in [-0.1, -0.05) is 45.0 Å². The monoisotopic (exact) mass is 573 g/mol. The van der Waals surface area contributed by atoms with Crippen LogP contribution in [0.1, 0.15) is 71.6 Å². The van der Waals surface area contributed by atoms with Gasteiger partial charge in [-0.15, -0.1) is 0 Å². The summed E-state index contributed by atoms with van der Waals surface area (Å²) < 4.78 is 50.1. The molecule has 1 amide bonds. The van der Waals surface area contributed by atoms with Crippen molar-refractivity contribution in [3.05, 3.63) is 70.3 Å². The number of carbonyl (C=O) groups is 2. The van der Waals surface area contributed by atoms with Gasteiger partial charge in [0.2, 0.25) is 5.91 Å². The van der Waals surface area contributed by atoms with Crippen molar-refractivity contribution >= 4 is 17.6 Å². The average Bonchev–Trinajstić information content (AvgIpc) is 3.49. The third-order valence-electron chi connectivity index (χ3n) is 7.76. The maximum atomic E-state index is 14.5. The molecule has 3 heterocycles. The van der Waals surface area contributed by atoms with Crippen LogP contribution in [-0.2, 0) is 17.9 Å². The molecule has 41 heavy (non-hydrogen) atoms. The number of piperidine rings is 1. The van der Waals surface area contributed by atoms with Gasteiger partial charge in [-0.05, 0) is 37.5 Å². The van der Waals surface area contributed by atoms with Gasteiger partial charge in [-0.2, -0.15) is 23.0 Å². The summed E-state index contributed by atoms with van der Waals surface area (Å²) in [6.45, 7) is 8.96. The molecule has 8 nitrogen and oxygen atoms in total. The molecule has 3 aromatic rings. The second-order valence-corrected chi connectivity index (χ2v) is 11.9. The Balaban J connectivity index is 1.77. The van der Waals surface area contributed by atoms with Crippen LogP contribution in [0.15, 0.2) is 41.0 Å². The highest BCUT2D eigenvalue weighted by molar-refractivity contribution is 5.98. The average molecular weight is 574 g/mol. The van der Waals surface area contributed by atoms with E-state index in [1.54, 1.807) is 41.7 Å². The summed E-state index contributed by atoms with van der Waals surface area (Å²) in [5.41, 5.74) is 7.81. The minimum Gasteiger partial charge on any atom is -0.469 e. The number of hydrogen-bond acceptors (Lipinski definition) is 6. The molecule has 1 fully saturated rings. The zero-order chi connectivity index (χ0) is 30.3. The summed E-state index contributed by atoms with van der Waals surface area (Å²) in [4.78, 5) is 29.7. The molecule has 0 saturated carbocycles. The predicted molar refractivity (Wildman–Crippen MR) is 150 cm³/mol. The van der Waals surface area contributed by atoms with Gasteiger partial charge in [0.25, 0.3) is 5.91 Å². The Morgan fingerprint density at radius 2 is 1.73 bits per heavy atom. The second-order valence-electron chi connectivity index (χ2n) is 11.9. The Hall–Kier alpha value is -3.60. The fourth-order valence-electron chi connectivity index (χ4n) is 5.57. The number of nitrogens with two attached hydrogens (primary N) is 1. The van der Waals surface area contributed by atoms with Gasteiger partial charge in [-0.25, -0.2) is 0 Å². The van der Waals surface area contributed by atoms with Crippen molar-refractivity contribution in [3.63, 3.8) is 0 Å². The van der Waals surface area contributed by atoms with Crippen LogP contribution < -0.4 is 10.6 Å². The quantitative estimate of drug-likeness (QED) is 0.423. The van der Waals surface area contributed by atoms with Gasteiger partial charge in [0.05, 0.1) is 23.4 Å². The van der Waals surface area contributed by atoms with E-state index in [1.807, 2.05) is 29.2 Å². The number of aromatic nitrogens is 2. The Labute approximate surface area is 238 Å². The van der Waals surface area contributed by atoms with Crippen molar-refractivity contribution in [3.8, 4) is 0 Å². The van der Waals surface area contributed by atoms with E-state index >= 15 is 0 Å². The Kier molecular flexibility index (Phi) is 8.40. The molecule has 222 valence electrons. The molecule has 1 aliphatic rings. The number of anilines is 1. The molecule has 2 atom stereocenters. The van der Waals surface area contributed by atoms with E-state index in [0.717, 1.165) is 11.1 Å². The summed E-state index contributed by atoms with van der Waals surface area (Å²) in [5.74, 6) is -2.86. The van der Waals surface area contributed by atoms with E-state index in [4.69, 9.17) is 10.2 Å². The lowest BCUT2D eigenvalue weighted by molar-refractivity contribution is -0.195. The molecule has 0 radical (unpaired) electrons. The van der Waals surface area contributed by atoms with Gasteiger partial charge in [0.15, 0.2) is 0 Å². The number of nitrogens with zero attached hydrogens (tertiary/aromatic N) is 4. The number of aryl methyl sites for hydroxylation is 1. The Morgan fingerprint density at radius 1 is 1.10 bits per heavy atom. The van der Waals surface area contributed by atoms with Crippen molar-refractivity contribution in [2.24, 2.45) is 17.1 Å². The van der Waals surface area contributed by atoms with E-state index < -0.39 is 35.9 Å². The van der Waals surface area contributed by atoms with Crippen LogP contribution in [0.2, 0.25) is 0 Å². The fraction of sp³-hybridized carbons (Fsp3) is 0.500. The molecular formula is C30H38F3N5O3. The van der Waals surface area contributed by atoms with Crippen LogP contribution in [0.25, 0.3) is 0 Å². The molecule has 1 aliphatic heterocycles. The molecule has 11 heteroatoms. The maximum Gasteiger partial charge on any atom is 0.394 e. The zero-order valence-electron chi connectivity index (χ0n) is 24.4. The lowest BCUT2D eigenvalue weighted by atomic mass is 9.80. The highest BCUT2D eigenvalue weighted by Crippen LogP contribution is 2.45. The van der Waals surface area contributed by atoms with Crippen LogP contribution in [-0.4, -0.2) is 52.8 Å². The molecule has 4 rings (SSSR count). The first kappa shape index (κ1) is 30.4. The van der Waals surface area contributed by atoms with Crippen LogP contribution in [0, 0.1) is 25.2 Å². The standard InChI is InChI=1S/C30H38F3N5O3/c1-18-25(23-11-13-37(28(40)29(3,4)5)17-24(23)30(31,32)33)35-38(27(39)22-12-14-41-19(22)2)26(18)36(6)16-21-9-7-20(15-34)8-10-21/h7-10,12,14,23-24H,11,13,15-17,34H2,1-6H3. The summed E-state index contributed by atoms with van der Waals surface area (Å²) in [6, 6.07) is 9.22. The summed E-state index contributed by atoms with van der Waals surface area (Å²) in [5, 5.41) is 4.57. The molecule has 2 unspecified atom stereocenters. The zero-order valence-corrected chi connectivity index (χ0v) is 24.4. The molecule has 2 aromatic heterocycles. The van der Waals surface area contributed by atoms with Crippen molar-refractivity contribution in [1.29, 1.82) is 0 Å². The largest absolute Gasteiger partial charge is 0.469 e. The number of amides is 1. The summed E-state index contributed by atoms with van der Waals surface area (Å²) in [7, 11) is 1.78. The van der Waals surface area contributed by atoms with Gasteiger partial charge in [-0.3, -0.25) is 9.59 Å². The summed E-state index contributed by atoms with van der Waals surface area (Å²) >= 11 is 0. The number of benzene rings is 1. The number of alkyl halides is 3. The van der Waals surface area contributed by atoms with E-state index in [-0.39, 0.29) is 30.1 Å². The van der Waals surface area contributed by atoms with Gasteiger partial charge in [0, 0.05) is 50.1 Å². The third-order valence-corrected chi connectivity index (χ3v) is 7.76. The number of halogens is 3. The number of hydrogen-bond donors (Lipinski definition) is 1.